The molecule has 5 nitrogen and oxygen atoms in total. The molecule has 1 saturated carbocycles. The van der Waals surface area contributed by atoms with E-state index in [4.69, 9.17) is 4.52 Å². The first-order valence-electron chi connectivity index (χ1n) is 8.30. The first-order chi connectivity index (χ1) is 10.7. The molecule has 116 valence electrons. The van der Waals surface area contributed by atoms with Gasteiger partial charge in [0.1, 0.15) is 0 Å². The number of rotatable bonds is 2. The van der Waals surface area contributed by atoms with E-state index in [9.17, 15) is 4.79 Å². The third-order valence-corrected chi connectivity index (χ3v) is 4.76. The second kappa shape index (κ2) is 5.38. The fraction of sp³-hybridized carbons (Fsp3) is 0.588. The van der Waals surface area contributed by atoms with Gasteiger partial charge in [-0.05, 0) is 38.7 Å². The summed E-state index contributed by atoms with van der Waals surface area (Å²) in [6.45, 7) is 3.58. The van der Waals surface area contributed by atoms with Crippen LogP contribution in [0.1, 0.15) is 66.2 Å². The average molecular weight is 299 g/mol. The van der Waals surface area contributed by atoms with Gasteiger partial charge in [-0.2, -0.15) is 0 Å². The SMILES string of the molecule is Cc1noc2nc(C3CC3)cc(C(=O)N3CCCCCC3)c12. The van der Waals surface area contributed by atoms with E-state index < -0.39 is 0 Å². The number of aromatic nitrogens is 2. The van der Waals surface area contributed by atoms with Gasteiger partial charge in [-0.25, -0.2) is 4.98 Å². The van der Waals surface area contributed by atoms with Crippen LogP contribution in [0.3, 0.4) is 0 Å². The van der Waals surface area contributed by atoms with Crippen molar-refractivity contribution in [1.82, 2.24) is 15.0 Å². The highest BCUT2D eigenvalue weighted by Crippen LogP contribution is 2.40. The maximum Gasteiger partial charge on any atom is 0.259 e. The highest BCUT2D eigenvalue weighted by Gasteiger charge is 2.30. The van der Waals surface area contributed by atoms with Gasteiger partial charge in [0.15, 0.2) is 0 Å². The van der Waals surface area contributed by atoms with Crippen LogP contribution in [0.5, 0.6) is 0 Å². The lowest BCUT2D eigenvalue weighted by atomic mass is 10.1. The van der Waals surface area contributed by atoms with Crippen molar-refractivity contribution in [3.63, 3.8) is 0 Å². The van der Waals surface area contributed by atoms with Crippen LogP contribution >= 0.6 is 0 Å². The topological polar surface area (TPSA) is 59.2 Å². The van der Waals surface area contributed by atoms with Crippen LogP contribution in [0.2, 0.25) is 0 Å². The fourth-order valence-corrected chi connectivity index (χ4v) is 3.31. The Balaban J connectivity index is 1.77. The molecule has 1 aliphatic carbocycles. The van der Waals surface area contributed by atoms with Crippen LogP contribution in [-0.4, -0.2) is 34.0 Å². The first-order valence-corrected chi connectivity index (χ1v) is 8.30. The number of aryl methyl sites for hydroxylation is 1. The number of likely N-dealkylation sites (tertiary alicyclic amines) is 1. The Bertz CT molecular complexity index is 710. The van der Waals surface area contributed by atoms with Crippen LogP contribution in [0.25, 0.3) is 11.1 Å². The van der Waals surface area contributed by atoms with Crippen molar-refractivity contribution in [2.24, 2.45) is 0 Å². The molecule has 2 aromatic heterocycles. The summed E-state index contributed by atoms with van der Waals surface area (Å²) in [5.74, 6) is 0.605. The normalized spacial score (nSPS) is 19.4. The lowest BCUT2D eigenvalue weighted by molar-refractivity contribution is 0.0763. The summed E-state index contributed by atoms with van der Waals surface area (Å²) < 4.78 is 5.34. The van der Waals surface area contributed by atoms with Crippen molar-refractivity contribution in [2.75, 3.05) is 13.1 Å². The number of hydrogen-bond acceptors (Lipinski definition) is 4. The van der Waals surface area contributed by atoms with Crippen LogP contribution in [0.4, 0.5) is 0 Å². The Kier molecular flexibility index (Phi) is 3.36. The molecular weight excluding hydrogens is 278 g/mol. The number of carbonyl (C=O) groups is 1. The number of hydrogen-bond donors (Lipinski definition) is 0. The van der Waals surface area contributed by atoms with Crippen molar-refractivity contribution in [2.45, 2.75) is 51.4 Å². The molecule has 2 aromatic rings. The zero-order valence-corrected chi connectivity index (χ0v) is 13.0. The number of carbonyl (C=O) groups excluding carboxylic acids is 1. The highest BCUT2D eigenvalue weighted by atomic mass is 16.5. The maximum absolute atomic E-state index is 13.0. The summed E-state index contributed by atoms with van der Waals surface area (Å²) in [5.41, 5.74) is 2.98. The van der Waals surface area contributed by atoms with Crippen molar-refractivity contribution in [3.8, 4) is 0 Å². The van der Waals surface area contributed by atoms with Gasteiger partial charge in [-0.15, -0.1) is 0 Å². The number of fused-ring (bicyclic) bond motifs is 1. The molecule has 2 fully saturated rings. The Morgan fingerprint density at radius 3 is 2.64 bits per heavy atom. The average Bonchev–Trinajstić information content (AvgIpc) is 3.34. The van der Waals surface area contributed by atoms with Gasteiger partial charge in [0.2, 0.25) is 0 Å². The van der Waals surface area contributed by atoms with Crippen LogP contribution in [0, 0.1) is 6.92 Å². The molecular formula is C17H21N3O2. The Morgan fingerprint density at radius 1 is 1.23 bits per heavy atom. The van der Waals surface area contributed by atoms with Gasteiger partial charge in [0.25, 0.3) is 11.6 Å². The van der Waals surface area contributed by atoms with Crippen molar-refractivity contribution >= 4 is 17.0 Å². The van der Waals surface area contributed by atoms with Crippen LogP contribution in [0.15, 0.2) is 10.6 Å². The maximum atomic E-state index is 13.0. The summed E-state index contributed by atoms with van der Waals surface area (Å²) in [6.07, 6.45) is 6.94. The second-order valence-corrected chi connectivity index (χ2v) is 6.52. The molecule has 22 heavy (non-hydrogen) atoms. The van der Waals surface area contributed by atoms with Crippen LogP contribution < -0.4 is 0 Å². The van der Waals surface area contributed by atoms with E-state index in [1.165, 1.54) is 12.8 Å². The van der Waals surface area contributed by atoms with Gasteiger partial charge in [0.05, 0.1) is 16.6 Å². The van der Waals surface area contributed by atoms with Crippen molar-refractivity contribution in [3.05, 3.63) is 23.0 Å². The third kappa shape index (κ3) is 2.38. The lowest BCUT2D eigenvalue weighted by Crippen LogP contribution is -2.32. The molecule has 1 aliphatic heterocycles. The minimum absolute atomic E-state index is 0.113. The predicted octanol–water partition coefficient (Wildman–Crippen LogP) is 3.42. The van der Waals surface area contributed by atoms with E-state index >= 15 is 0 Å². The molecule has 0 unspecified atom stereocenters. The van der Waals surface area contributed by atoms with Gasteiger partial charge in [-0.1, -0.05) is 18.0 Å². The zero-order chi connectivity index (χ0) is 15.1. The van der Waals surface area contributed by atoms with Gasteiger partial charge in [-0.3, -0.25) is 4.79 Å². The summed E-state index contributed by atoms with van der Waals surface area (Å²) >= 11 is 0. The van der Waals surface area contributed by atoms with E-state index in [2.05, 4.69) is 10.1 Å². The van der Waals surface area contributed by atoms with Crippen LogP contribution in [-0.2, 0) is 0 Å². The molecule has 1 saturated heterocycles. The quantitative estimate of drug-likeness (QED) is 0.852. The number of pyridine rings is 1. The van der Waals surface area contributed by atoms with Crippen molar-refractivity contribution in [1.29, 1.82) is 0 Å². The molecule has 5 heteroatoms. The molecule has 0 aromatic carbocycles. The Labute approximate surface area is 129 Å². The van der Waals surface area contributed by atoms with Gasteiger partial charge >= 0.3 is 0 Å². The van der Waals surface area contributed by atoms with E-state index in [0.29, 0.717) is 11.6 Å². The summed E-state index contributed by atoms with van der Waals surface area (Å²) in [6, 6.07) is 1.98. The zero-order valence-electron chi connectivity index (χ0n) is 13.0. The molecule has 4 rings (SSSR count). The van der Waals surface area contributed by atoms with E-state index in [1.54, 1.807) is 0 Å². The van der Waals surface area contributed by atoms with Gasteiger partial charge in [0, 0.05) is 24.7 Å². The molecule has 2 aliphatic rings. The highest BCUT2D eigenvalue weighted by molar-refractivity contribution is 6.06. The number of nitrogens with zero attached hydrogens (tertiary/aromatic N) is 3. The smallest absolute Gasteiger partial charge is 0.259 e. The summed E-state index contributed by atoms with van der Waals surface area (Å²) in [4.78, 5) is 19.6. The lowest BCUT2D eigenvalue weighted by Gasteiger charge is -2.21. The van der Waals surface area contributed by atoms with Crippen molar-refractivity contribution < 1.29 is 9.32 Å². The van der Waals surface area contributed by atoms with E-state index in [0.717, 1.165) is 61.1 Å². The largest absolute Gasteiger partial charge is 0.339 e. The standard InChI is InChI=1S/C17H21N3O2/c1-11-15-13(17(21)20-8-4-2-3-5-9-20)10-14(12-6-7-12)18-16(15)22-19-11/h10,12H,2-9H2,1H3. The van der Waals surface area contributed by atoms with E-state index in [1.807, 2.05) is 17.9 Å². The molecule has 0 spiro atoms. The summed E-state index contributed by atoms with van der Waals surface area (Å²) in [7, 11) is 0. The number of amides is 1. The minimum atomic E-state index is 0.113. The summed E-state index contributed by atoms with van der Waals surface area (Å²) in [5, 5.41) is 4.81. The monoisotopic (exact) mass is 299 g/mol. The Morgan fingerprint density at radius 2 is 1.95 bits per heavy atom. The molecule has 1 amide bonds. The minimum Gasteiger partial charge on any atom is -0.339 e. The molecule has 0 radical (unpaired) electrons. The fourth-order valence-electron chi connectivity index (χ4n) is 3.31. The molecule has 0 N–H and O–H groups in total. The van der Waals surface area contributed by atoms with Gasteiger partial charge < -0.3 is 9.42 Å². The first kappa shape index (κ1) is 13.7. The predicted molar refractivity (Wildman–Crippen MR) is 82.9 cm³/mol. The third-order valence-electron chi connectivity index (χ3n) is 4.76. The second-order valence-electron chi connectivity index (χ2n) is 6.52. The molecule has 0 atom stereocenters. The molecule has 0 bridgehead atoms. The van der Waals surface area contributed by atoms with E-state index in [-0.39, 0.29) is 5.91 Å². The molecule has 3 heterocycles. The Hall–Kier alpha value is -1.91.